The van der Waals surface area contributed by atoms with Gasteiger partial charge in [-0.2, -0.15) is 0 Å². The molecule has 0 radical (unpaired) electrons. The molecule has 1 aromatic rings. The third-order valence-electron chi connectivity index (χ3n) is 7.63. The van der Waals surface area contributed by atoms with Crippen molar-refractivity contribution in [3.05, 3.63) is 29.3 Å². The molecule has 3 nitrogen and oxygen atoms in total. The average molecular weight is 357 g/mol. The first-order valence-electron chi connectivity index (χ1n) is 10.5. The van der Waals surface area contributed by atoms with Gasteiger partial charge in [0.05, 0.1) is 0 Å². The van der Waals surface area contributed by atoms with Crippen LogP contribution in [-0.2, 0) is 16.0 Å². The molecule has 0 aliphatic heterocycles. The normalized spacial score (nSPS) is 35.3. The van der Waals surface area contributed by atoms with Crippen molar-refractivity contribution >= 4 is 5.97 Å². The van der Waals surface area contributed by atoms with Crippen molar-refractivity contribution in [2.24, 2.45) is 17.3 Å². The Labute approximate surface area is 157 Å². The maximum absolute atomic E-state index is 12.2. The van der Waals surface area contributed by atoms with Gasteiger partial charge in [-0.15, -0.1) is 0 Å². The quantitative estimate of drug-likeness (QED) is 0.740. The fourth-order valence-electron chi connectivity index (χ4n) is 6.25. The van der Waals surface area contributed by atoms with Crippen LogP contribution >= 0.6 is 0 Å². The third-order valence-corrected chi connectivity index (χ3v) is 7.63. The monoisotopic (exact) mass is 356 g/mol. The Morgan fingerprint density at radius 1 is 1.27 bits per heavy atom. The highest BCUT2D eigenvalue weighted by Gasteiger charge is 2.56. The zero-order valence-electron chi connectivity index (χ0n) is 16.2. The summed E-state index contributed by atoms with van der Waals surface area (Å²) in [4.78, 5) is 12.2. The highest BCUT2D eigenvalue weighted by atomic mass is 16.5. The summed E-state index contributed by atoms with van der Waals surface area (Å²) in [5.74, 6) is 2.37. The SMILES string of the molecule is CCCCC(=O)O[C@H]1CC[C@H]2[C@H]3CCc4cc(O)ccc4[C@H]3CC[C@]12C. The van der Waals surface area contributed by atoms with Crippen molar-refractivity contribution < 1.29 is 14.6 Å². The molecule has 0 unspecified atom stereocenters. The van der Waals surface area contributed by atoms with E-state index in [9.17, 15) is 9.90 Å². The van der Waals surface area contributed by atoms with Crippen LogP contribution in [-0.4, -0.2) is 17.2 Å². The van der Waals surface area contributed by atoms with Gasteiger partial charge in [0, 0.05) is 11.8 Å². The average Bonchev–Trinajstić information content (AvgIpc) is 2.96. The summed E-state index contributed by atoms with van der Waals surface area (Å²) >= 11 is 0. The Kier molecular flexibility index (Phi) is 4.75. The smallest absolute Gasteiger partial charge is 0.306 e. The second-order valence-electron chi connectivity index (χ2n) is 9.00. The Balaban J connectivity index is 1.51. The van der Waals surface area contributed by atoms with Crippen LogP contribution in [0.25, 0.3) is 0 Å². The van der Waals surface area contributed by atoms with E-state index in [2.05, 4.69) is 19.9 Å². The molecule has 0 aromatic heterocycles. The number of ether oxygens (including phenoxy) is 1. The van der Waals surface area contributed by atoms with Crippen molar-refractivity contribution in [2.75, 3.05) is 0 Å². The van der Waals surface area contributed by atoms with E-state index >= 15 is 0 Å². The van der Waals surface area contributed by atoms with E-state index in [4.69, 9.17) is 4.74 Å². The molecule has 3 heteroatoms. The van der Waals surface area contributed by atoms with Crippen LogP contribution in [0, 0.1) is 17.3 Å². The maximum atomic E-state index is 12.2. The van der Waals surface area contributed by atoms with Crippen LogP contribution in [0.15, 0.2) is 18.2 Å². The van der Waals surface area contributed by atoms with E-state index in [0.29, 0.717) is 29.9 Å². The predicted molar refractivity (Wildman–Crippen MR) is 102 cm³/mol. The van der Waals surface area contributed by atoms with Crippen molar-refractivity contribution in [2.45, 2.75) is 83.7 Å². The first-order valence-corrected chi connectivity index (χ1v) is 10.5. The predicted octanol–water partition coefficient (Wildman–Crippen LogP) is 5.35. The van der Waals surface area contributed by atoms with Crippen LogP contribution in [0.4, 0.5) is 0 Å². The van der Waals surface area contributed by atoms with E-state index in [1.165, 1.54) is 30.4 Å². The Morgan fingerprint density at radius 2 is 2.12 bits per heavy atom. The molecule has 2 fully saturated rings. The van der Waals surface area contributed by atoms with Crippen molar-refractivity contribution in [3.8, 4) is 5.75 Å². The van der Waals surface area contributed by atoms with Gasteiger partial charge in [-0.25, -0.2) is 0 Å². The number of aromatic hydroxyl groups is 1. The van der Waals surface area contributed by atoms with Crippen molar-refractivity contribution in [1.82, 2.24) is 0 Å². The standard InChI is InChI=1S/C23H32O3/c1-3-4-5-22(25)26-21-11-10-20-19-8-6-15-14-16(24)7-9-17(15)18(19)12-13-23(20,21)2/h7,9,14,18-21,24H,3-6,8,10-13H2,1-2H3/t18-,19+,20+,21+,23+/m1/s1. The molecule has 142 valence electrons. The third kappa shape index (κ3) is 2.93. The minimum Gasteiger partial charge on any atom is -0.508 e. The number of hydrogen-bond acceptors (Lipinski definition) is 3. The molecule has 0 amide bonds. The van der Waals surface area contributed by atoms with Gasteiger partial charge in [0.25, 0.3) is 0 Å². The van der Waals surface area contributed by atoms with Crippen LogP contribution in [0.2, 0.25) is 0 Å². The molecule has 3 aliphatic rings. The minimum atomic E-state index is 0.00492. The molecule has 3 aliphatic carbocycles. The summed E-state index contributed by atoms with van der Waals surface area (Å²) in [5, 5.41) is 9.81. The summed E-state index contributed by atoms with van der Waals surface area (Å²) in [5.41, 5.74) is 2.96. The zero-order chi connectivity index (χ0) is 18.3. The lowest BCUT2D eigenvalue weighted by Crippen LogP contribution is -2.45. The Morgan fingerprint density at radius 3 is 2.92 bits per heavy atom. The molecule has 0 bridgehead atoms. The summed E-state index contributed by atoms with van der Waals surface area (Å²) in [6.45, 7) is 4.49. The van der Waals surface area contributed by atoms with Gasteiger partial charge in [0.2, 0.25) is 0 Å². The lowest BCUT2D eigenvalue weighted by Gasteiger charge is -2.50. The number of rotatable bonds is 4. The zero-order valence-corrected chi connectivity index (χ0v) is 16.2. The van der Waals surface area contributed by atoms with E-state index in [0.717, 1.165) is 32.1 Å². The minimum absolute atomic E-state index is 0.00492. The van der Waals surface area contributed by atoms with E-state index in [1.54, 1.807) is 0 Å². The van der Waals surface area contributed by atoms with E-state index in [-0.39, 0.29) is 17.5 Å². The number of esters is 1. The number of unbranched alkanes of at least 4 members (excludes halogenated alkanes) is 1. The molecule has 2 saturated carbocycles. The lowest BCUT2D eigenvalue weighted by molar-refractivity contribution is -0.157. The Bertz CT molecular complexity index is 682. The van der Waals surface area contributed by atoms with Gasteiger partial charge < -0.3 is 9.84 Å². The second kappa shape index (κ2) is 6.90. The van der Waals surface area contributed by atoms with Crippen LogP contribution < -0.4 is 0 Å². The molecule has 0 saturated heterocycles. The molecule has 26 heavy (non-hydrogen) atoms. The number of hydrogen-bond donors (Lipinski definition) is 1. The van der Waals surface area contributed by atoms with Gasteiger partial charge in [-0.05, 0) is 86.0 Å². The number of phenolic OH excluding ortho intramolecular Hbond substituents is 1. The molecule has 5 atom stereocenters. The van der Waals surface area contributed by atoms with Crippen molar-refractivity contribution in [1.29, 1.82) is 0 Å². The largest absolute Gasteiger partial charge is 0.508 e. The van der Waals surface area contributed by atoms with Crippen molar-refractivity contribution in [3.63, 3.8) is 0 Å². The summed E-state index contributed by atoms with van der Waals surface area (Å²) in [6.07, 6.45) is 9.47. The fraction of sp³-hybridized carbons (Fsp3) is 0.696. The highest BCUT2D eigenvalue weighted by Crippen LogP contribution is 2.61. The first kappa shape index (κ1) is 17.9. The van der Waals surface area contributed by atoms with Gasteiger partial charge in [0.1, 0.15) is 11.9 Å². The number of phenols is 1. The first-order chi connectivity index (χ1) is 12.5. The van der Waals surface area contributed by atoms with Crippen LogP contribution in [0.3, 0.4) is 0 Å². The molecule has 0 heterocycles. The molecular formula is C23H32O3. The fourth-order valence-corrected chi connectivity index (χ4v) is 6.25. The number of carbonyl (C=O) groups excluding carboxylic acids is 1. The van der Waals surface area contributed by atoms with Crippen LogP contribution in [0.1, 0.15) is 82.3 Å². The number of carbonyl (C=O) groups is 1. The number of fused-ring (bicyclic) bond motifs is 5. The molecule has 1 aromatic carbocycles. The Hall–Kier alpha value is -1.51. The lowest BCUT2D eigenvalue weighted by atomic mass is 9.55. The molecular weight excluding hydrogens is 324 g/mol. The maximum Gasteiger partial charge on any atom is 0.306 e. The molecule has 0 spiro atoms. The summed E-state index contributed by atoms with van der Waals surface area (Å²) in [7, 11) is 0. The summed E-state index contributed by atoms with van der Waals surface area (Å²) in [6, 6.07) is 5.97. The van der Waals surface area contributed by atoms with Gasteiger partial charge in [-0.3, -0.25) is 4.79 Å². The highest BCUT2D eigenvalue weighted by molar-refractivity contribution is 5.69. The van der Waals surface area contributed by atoms with Gasteiger partial charge >= 0.3 is 5.97 Å². The van der Waals surface area contributed by atoms with E-state index in [1.807, 2.05) is 12.1 Å². The number of benzene rings is 1. The molecule has 4 rings (SSSR count). The molecule has 1 N–H and O–H groups in total. The van der Waals surface area contributed by atoms with Crippen LogP contribution in [0.5, 0.6) is 5.75 Å². The topological polar surface area (TPSA) is 46.5 Å². The second-order valence-corrected chi connectivity index (χ2v) is 9.00. The van der Waals surface area contributed by atoms with E-state index < -0.39 is 0 Å². The number of aryl methyl sites for hydroxylation is 1. The summed E-state index contributed by atoms with van der Waals surface area (Å²) < 4.78 is 5.98. The van der Waals surface area contributed by atoms with Gasteiger partial charge in [0.15, 0.2) is 0 Å². The van der Waals surface area contributed by atoms with Gasteiger partial charge in [-0.1, -0.05) is 26.3 Å².